The monoisotopic (exact) mass is 607 g/mol. The van der Waals surface area contributed by atoms with Gasteiger partial charge < -0.3 is 10.2 Å². The smallest absolute Gasteiger partial charge is 0.264 e. The Morgan fingerprint density at radius 3 is 2.23 bits per heavy atom. The number of sulfonamides is 1. The van der Waals surface area contributed by atoms with E-state index in [0.29, 0.717) is 10.6 Å². The summed E-state index contributed by atoms with van der Waals surface area (Å²) in [5.74, 6) is -1.94. The van der Waals surface area contributed by atoms with Gasteiger partial charge in [0.2, 0.25) is 11.8 Å². The molecule has 0 aromatic heterocycles. The maximum Gasteiger partial charge on any atom is 0.264 e. The lowest BCUT2D eigenvalue weighted by Crippen LogP contribution is -2.53. The van der Waals surface area contributed by atoms with Crippen molar-refractivity contribution in [1.29, 1.82) is 0 Å². The van der Waals surface area contributed by atoms with E-state index in [4.69, 9.17) is 23.2 Å². The lowest BCUT2D eigenvalue weighted by Gasteiger charge is -2.33. The molecule has 11 heteroatoms. The number of rotatable bonds is 11. The first-order chi connectivity index (χ1) is 18.8. The standard InChI is InChI=1S/C29H32Cl2FN3O4S/c1-5-26(29(37)33-19(2)3)34(17-21-12-13-22(30)16-24(21)31)28(36)18-35(27-9-7-6-8-25(27)32)40(38,39)23-14-10-20(4)11-15-23/h6-16,19,26H,5,17-18H2,1-4H3,(H,33,37)/t26-/m0/s1. The van der Waals surface area contributed by atoms with Gasteiger partial charge in [0.15, 0.2) is 0 Å². The number of hydrogen-bond acceptors (Lipinski definition) is 4. The summed E-state index contributed by atoms with van der Waals surface area (Å²) in [6, 6.07) is 15.0. The van der Waals surface area contributed by atoms with Crippen molar-refractivity contribution in [2.45, 2.75) is 57.6 Å². The minimum atomic E-state index is -4.38. The molecule has 0 heterocycles. The maximum atomic E-state index is 15.0. The van der Waals surface area contributed by atoms with Gasteiger partial charge in [0.1, 0.15) is 18.4 Å². The highest BCUT2D eigenvalue weighted by atomic mass is 35.5. The molecule has 2 amide bonds. The van der Waals surface area contributed by atoms with Gasteiger partial charge in [-0.15, -0.1) is 0 Å². The zero-order valence-corrected chi connectivity index (χ0v) is 25.0. The Morgan fingerprint density at radius 1 is 1.00 bits per heavy atom. The van der Waals surface area contributed by atoms with Crippen LogP contribution in [0, 0.1) is 12.7 Å². The van der Waals surface area contributed by atoms with Crippen molar-refractivity contribution in [3.63, 3.8) is 0 Å². The third-order valence-corrected chi connectivity index (χ3v) is 8.54. The van der Waals surface area contributed by atoms with Crippen LogP contribution in [0.5, 0.6) is 0 Å². The fraction of sp³-hybridized carbons (Fsp3) is 0.310. The van der Waals surface area contributed by atoms with Crippen LogP contribution in [-0.2, 0) is 26.2 Å². The largest absolute Gasteiger partial charge is 0.352 e. The zero-order chi connectivity index (χ0) is 29.6. The Morgan fingerprint density at radius 2 is 1.65 bits per heavy atom. The molecule has 0 aliphatic heterocycles. The normalized spacial score (nSPS) is 12.2. The Balaban J connectivity index is 2.10. The molecule has 0 unspecified atom stereocenters. The molecule has 0 saturated carbocycles. The summed E-state index contributed by atoms with van der Waals surface area (Å²) in [4.78, 5) is 28.3. The van der Waals surface area contributed by atoms with Gasteiger partial charge in [0, 0.05) is 22.6 Å². The van der Waals surface area contributed by atoms with Crippen LogP contribution in [0.4, 0.5) is 10.1 Å². The molecular weight excluding hydrogens is 576 g/mol. The molecule has 40 heavy (non-hydrogen) atoms. The van der Waals surface area contributed by atoms with Gasteiger partial charge in [-0.05, 0) is 69.2 Å². The zero-order valence-electron chi connectivity index (χ0n) is 22.7. The van der Waals surface area contributed by atoms with Crippen molar-refractivity contribution in [3.05, 3.63) is 93.7 Å². The summed E-state index contributed by atoms with van der Waals surface area (Å²) in [5, 5.41) is 3.49. The van der Waals surface area contributed by atoms with Crippen LogP contribution in [0.3, 0.4) is 0 Å². The summed E-state index contributed by atoms with van der Waals surface area (Å²) >= 11 is 12.4. The fourth-order valence-corrected chi connectivity index (χ4v) is 6.03. The highest BCUT2D eigenvalue weighted by Crippen LogP contribution is 2.28. The molecule has 7 nitrogen and oxygen atoms in total. The molecule has 0 fully saturated rings. The Bertz CT molecular complexity index is 1470. The minimum Gasteiger partial charge on any atom is -0.352 e. The molecule has 3 aromatic rings. The van der Waals surface area contributed by atoms with Crippen LogP contribution in [-0.4, -0.2) is 43.8 Å². The molecule has 0 aliphatic carbocycles. The molecule has 3 aromatic carbocycles. The van der Waals surface area contributed by atoms with E-state index in [1.807, 2.05) is 0 Å². The van der Waals surface area contributed by atoms with Gasteiger partial charge in [-0.2, -0.15) is 0 Å². The minimum absolute atomic E-state index is 0.103. The van der Waals surface area contributed by atoms with E-state index >= 15 is 4.39 Å². The van der Waals surface area contributed by atoms with Crippen LogP contribution in [0.2, 0.25) is 10.0 Å². The van der Waals surface area contributed by atoms with Crippen molar-refractivity contribution in [1.82, 2.24) is 10.2 Å². The van der Waals surface area contributed by atoms with Gasteiger partial charge in [-0.3, -0.25) is 13.9 Å². The van der Waals surface area contributed by atoms with Crippen LogP contribution in [0.15, 0.2) is 71.6 Å². The van der Waals surface area contributed by atoms with Crippen molar-refractivity contribution < 1.29 is 22.4 Å². The van der Waals surface area contributed by atoms with E-state index in [1.165, 1.54) is 41.3 Å². The third-order valence-electron chi connectivity index (χ3n) is 6.18. The first-order valence-electron chi connectivity index (χ1n) is 12.7. The van der Waals surface area contributed by atoms with Crippen molar-refractivity contribution in [2.75, 3.05) is 10.8 Å². The average Bonchev–Trinajstić information content (AvgIpc) is 2.88. The molecule has 0 radical (unpaired) electrons. The number of para-hydroxylation sites is 1. The van der Waals surface area contributed by atoms with Crippen molar-refractivity contribution in [3.8, 4) is 0 Å². The number of benzene rings is 3. The quantitative estimate of drug-likeness (QED) is 0.291. The van der Waals surface area contributed by atoms with Crippen LogP contribution >= 0.6 is 23.2 Å². The molecule has 0 spiro atoms. The lowest BCUT2D eigenvalue weighted by molar-refractivity contribution is -0.140. The van der Waals surface area contributed by atoms with Gasteiger partial charge in [0.05, 0.1) is 10.6 Å². The lowest BCUT2D eigenvalue weighted by atomic mass is 10.1. The molecule has 0 aliphatic rings. The van der Waals surface area contributed by atoms with E-state index < -0.39 is 40.2 Å². The highest BCUT2D eigenvalue weighted by Gasteiger charge is 2.35. The number of nitrogens with one attached hydrogen (secondary N) is 1. The van der Waals surface area contributed by atoms with Gasteiger partial charge in [-0.1, -0.05) is 66.0 Å². The van der Waals surface area contributed by atoms with Crippen LogP contribution in [0.25, 0.3) is 0 Å². The van der Waals surface area contributed by atoms with Crippen molar-refractivity contribution in [2.24, 2.45) is 0 Å². The molecule has 214 valence electrons. The number of anilines is 1. The number of carbonyl (C=O) groups excluding carboxylic acids is 2. The predicted octanol–water partition coefficient (Wildman–Crippen LogP) is 5.97. The van der Waals surface area contributed by atoms with E-state index in [2.05, 4.69) is 5.32 Å². The Kier molecular flexibility index (Phi) is 10.6. The second kappa shape index (κ2) is 13.5. The second-order valence-electron chi connectivity index (χ2n) is 9.62. The molecule has 1 N–H and O–H groups in total. The maximum absolute atomic E-state index is 15.0. The molecule has 0 bridgehead atoms. The number of aryl methyl sites for hydroxylation is 1. The van der Waals surface area contributed by atoms with Crippen LogP contribution < -0.4 is 9.62 Å². The number of nitrogens with zero attached hydrogens (tertiary/aromatic N) is 2. The van der Waals surface area contributed by atoms with E-state index in [0.717, 1.165) is 15.9 Å². The summed E-state index contributed by atoms with van der Waals surface area (Å²) < 4.78 is 43.3. The molecule has 1 atom stereocenters. The van der Waals surface area contributed by atoms with Gasteiger partial charge in [0.25, 0.3) is 10.0 Å². The van der Waals surface area contributed by atoms with E-state index in [-0.39, 0.29) is 34.6 Å². The predicted molar refractivity (Wildman–Crippen MR) is 156 cm³/mol. The number of carbonyl (C=O) groups is 2. The third kappa shape index (κ3) is 7.53. The summed E-state index contributed by atoms with van der Waals surface area (Å²) in [5.41, 5.74) is 1.05. The average molecular weight is 609 g/mol. The molecule has 0 saturated heterocycles. The second-order valence-corrected chi connectivity index (χ2v) is 12.3. The number of hydrogen-bond donors (Lipinski definition) is 1. The SMILES string of the molecule is CC[C@@H](C(=O)NC(C)C)N(Cc1ccc(Cl)cc1Cl)C(=O)CN(c1ccccc1F)S(=O)(=O)c1ccc(C)cc1. The van der Waals surface area contributed by atoms with Crippen LogP contribution in [0.1, 0.15) is 38.3 Å². The molecule has 3 rings (SSSR count). The van der Waals surface area contributed by atoms with Gasteiger partial charge >= 0.3 is 0 Å². The summed E-state index contributed by atoms with van der Waals surface area (Å²) in [6.45, 7) is 6.28. The van der Waals surface area contributed by atoms with E-state index in [1.54, 1.807) is 52.0 Å². The molecular formula is C29H32Cl2FN3O4S. The summed E-state index contributed by atoms with van der Waals surface area (Å²) in [7, 11) is -4.38. The fourth-order valence-electron chi connectivity index (χ4n) is 4.14. The van der Waals surface area contributed by atoms with E-state index in [9.17, 15) is 18.0 Å². The first kappa shape index (κ1) is 31.4. The topological polar surface area (TPSA) is 86.8 Å². The highest BCUT2D eigenvalue weighted by molar-refractivity contribution is 7.92. The van der Waals surface area contributed by atoms with Gasteiger partial charge in [-0.25, -0.2) is 12.8 Å². The first-order valence-corrected chi connectivity index (χ1v) is 14.9. The number of amides is 2. The van der Waals surface area contributed by atoms with Crippen molar-refractivity contribution >= 4 is 50.7 Å². The number of halogens is 3. The Hall–Kier alpha value is -3.14. The Labute approximate surface area is 244 Å². The summed E-state index contributed by atoms with van der Waals surface area (Å²) in [6.07, 6.45) is 0.236.